The van der Waals surface area contributed by atoms with E-state index in [0.29, 0.717) is 12.0 Å². The summed E-state index contributed by atoms with van der Waals surface area (Å²) in [6.07, 6.45) is 8.99. The zero-order valence-electron chi connectivity index (χ0n) is 9.76. The van der Waals surface area contributed by atoms with E-state index >= 15 is 0 Å². The fraction of sp³-hybridized carbons (Fsp3) is 0.500. The molecule has 1 aliphatic heterocycles. The number of allylic oxidation sites excluding steroid dienone is 1. The van der Waals surface area contributed by atoms with Gasteiger partial charge in [0.2, 0.25) is 5.95 Å². The lowest BCUT2D eigenvalue weighted by Crippen LogP contribution is -2.22. The molecule has 0 radical (unpaired) electrons. The minimum Gasteiger partial charge on any atom is -0.368 e. The van der Waals surface area contributed by atoms with Crippen LogP contribution in [0.5, 0.6) is 0 Å². The van der Waals surface area contributed by atoms with Crippen LogP contribution in [-0.2, 0) is 0 Å². The molecule has 0 atom stereocenters. The molecule has 1 aromatic heterocycles. The van der Waals surface area contributed by atoms with Crippen LogP contribution in [0.15, 0.2) is 18.3 Å². The highest BCUT2D eigenvalue weighted by Crippen LogP contribution is 2.26. The number of nitrogens with two attached hydrogens (primary N) is 1. The molecule has 1 fully saturated rings. The van der Waals surface area contributed by atoms with Gasteiger partial charge in [-0.3, -0.25) is 0 Å². The normalized spacial score (nSPS) is 19.4. The molecule has 3 N–H and O–H groups in total. The zero-order valence-corrected chi connectivity index (χ0v) is 9.76. The number of rotatable bonds is 3. The lowest BCUT2D eigenvalue weighted by atomic mass is 10.2. The molecule has 0 aromatic carbocycles. The van der Waals surface area contributed by atoms with Crippen molar-refractivity contribution in [3.63, 3.8) is 0 Å². The van der Waals surface area contributed by atoms with Crippen molar-refractivity contribution >= 4 is 17.6 Å². The minimum absolute atomic E-state index is 0.338. The van der Waals surface area contributed by atoms with Crippen LogP contribution in [0, 0.1) is 0 Å². The maximum atomic E-state index is 5.75. The Bertz CT molecular complexity index is 439. The average molecular weight is 231 g/mol. The number of hydrogen-bond donors (Lipinski definition) is 2. The third-order valence-electron chi connectivity index (χ3n) is 3.01. The first kappa shape index (κ1) is 10.4. The largest absolute Gasteiger partial charge is 0.368 e. The number of aromatic nitrogens is 2. The summed E-state index contributed by atoms with van der Waals surface area (Å²) in [5.41, 5.74) is 5.75. The second-order valence-corrected chi connectivity index (χ2v) is 4.61. The first-order valence-electron chi connectivity index (χ1n) is 6.16. The van der Waals surface area contributed by atoms with E-state index in [9.17, 15) is 0 Å². The number of nitrogens with one attached hydrogen (secondary N) is 1. The van der Waals surface area contributed by atoms with E-state index in [0.717, 1.165) is 31.0 Å². The molecular formula is C12H17N5. The Morgan fingerprint density at radius 2 is 2.24 bits per heavy atom. The Morgan fingerprint density at radius 3 is 2.94 bits per heavy atom. The van der Waals surface area contributed by atoms with Crippen LogP contribution in [0.3, 0.4) is 0 Å². The summed E-state index contributed by atoms with van der Waals surface area (Å²) < 4.78 is 0. The summed E-state index contributed by atoms with van der Waals surface area (Å²) >= 11 is 0. The SMILES string of the molecule is Nc1nc(NC2CC2)cc(N2C=CCCC2)n1. The molecule has 0 spiro atoms. The quantitative estimate of drug-likeness (QED) is 0.829. The lowest BCUT2D eigenvalue weighted by molar-refractivity contribution is 0.777. The van der Waals surface area contributed by atoms with Crippen molar-refractivity contribution in [2.75, 3.05) is 22.5 Å². The minimum atomic E-state index is 0.338. The van der Waals surface area contributed by atoms with E-state index in [-0.39, 0.29) is 0 Å². The lowest BCUT2D eigenvalue weighted by Gasteiger charge is -2.22. The predicted molar refractivity (Wildman–Crippen MR) is 68.8 cm³/mol. The Balaban J connectivity index is 1.84. The molecule has 2 aliphatic rings. The van der Waals surface area contributed by atoms with Crippen LogP contribution >= 0.6 is 0 Å². The summed E-state index contributed by atoms with van der Waals surface area (Å²) in [6, 6.07) is 2.55. The second kappa shape index (κ2) is 4.24. The molecule has 17 heavy (non-hydrogen) atoms. The van der Waals surface area contributed by atoms with Crippen LogP contribution in [0.2, 0.25) is 0 Å². The third-order valence-corrected chi connectivity index (χ3v) is 3.01. The number of anilines is 3. The van der Waals surface area contributed by atoms with Gasteiger partial charge in [0, 0.05) is 24.9 Å². The highest BCUT2D eigenvalue weighted by Gasteiger charge is 2.22. The van der Waals surface area contributed by atoms with E-state index < -0.39 is 0 Å². The molecule has 90 valence electrons. The second-order valence-electron chi connectivity index (χ2n) is 4.61. The van der Waals surface area contributed by atoms with Gasteiger partial charge >= 0.3 is 0 Å². The summed E-state index contributed by atoms with van der Waals surface area (Å²) in [4.78, 5) is 10.6. The molecule has 5 heteroatoms. The fourth-order valence-electron chi connectivity index (χ4n) is 1.96. The summed E-state index contributed by atoms with van der Waals surface area (Å²) in [6.45, 7) is 0.996. The fourth-order valence-corrected chi connectivity index (χ4v) is 1.96. The van der Waals surface area contributed by atoms with Crippen LogP contribution in [0.1, 0.15) is 25.7 Å². The maximum absolute atomic E-state index is 5.75. The van der Waals surface area contributed by atoms with Gasteiger partial charge in [0.25, 0.3) is 0 Å². The number of nitrogens with zero attached hydrogens (tertiary/aromatic N) is 3. The molecule has 0 amide bonds. The molecule has 5 nitrogen and oxygen atoms in total. The monoisotopic (exact) mass is 231 g/mol. The number of hydrogen-bond acceptors (Lipinski definition) is 5. The molecular weight excluding hydrogens is 214 g/mol. The average Bonchev–Trinajstić information content (AvgIpc) is 3.13. The molecule has 3 rings (SSSR count). The zero-order chi connectivity index (χ0) is 11.7. The van der Waals surface area contributed by atoms with Gasteiger partial charge in [0.05, 0.1) is 0 Å². The van der Waals surface area contributed by atoms with Crippen molar-refractivity contribution in [3.8, 4) is 0 Å². The van der Waals surface area contributed by atoms with Crippen LogP contribution in [0.4, 0.5) is 17.6 Å². The van der Waals surface area contributed by atoms with E-state index in [1.807, 2.05) is 6.07 Å². The van der Waals surface area contributed by atoms with Gasteiger partial charge in [-0.1, -0.05) is 6.08 Å². The Labute approximate surface area is 101 Å². The van der Waals surface area contributed by atoms with Crippen molar-refractivity contribution in [1.82, 2.24) is 9.97 Å². The van der Waals surface area contributed by atoms with Crippen molar-refractivity contribution < 1.29 is 0 Å². The van der Waals surface area contributed by atoms with Gasteiger partial charge in [0.1, 0.15) is 11.6 Å². The summed E-state index contributed by atoms with van der Waals surface area (Å²) in [7, 11) is 0. The van der Waals surface area contributed by atoms with Gasteiger partial charge in [-0.25, -0.2) is 0 Å². The highest BCUT2D eigenvalue weighted by atomic mass is 15.2. The number of nitrogen functional groups attached to an aromatic ring is 1. The molecule has 0 unspecified atom stereocenters. The first-order valence-corrected chi connectivity index (χ1v) is 6.16. The van der Waals surface area contributed by atoms with Crippen molar-refractivity contribution in [2.45, 2.75) is 31.7 Å². The van der Waals surface area contributed by atoms with Crippen molar-refractivity contribution in [3.05, 3.63) is 18.3 Å². The summed E-state index contributed by atoms with van der Waals surface area (Å²) in [5.74, 6) is 2.06. The molecule has 2 heterocycles. The molecule has 1 aromatic rings. The Hall–Kier alpha value is -1.78. The van der Waals surface area contributed by atoms with Crippen LogP contribution in [0.25, 0.3) is 0 Å². The maximum Gasteiger partial charge on any atom is 0.223 e. The Morgan fingerprint density at radius 1 is 1.35 bits per heavy atom. The van der Waals surface area contributed by atoms with E-state index in [1.54, 1.807) is 0 Å². The van der Waals surface area contributed by atoms with E-state index in [2.05, 4.69) is 32.5 Å². The van der Waals surface area contributed by atoms with Crippen molar-refractivity contribution in [2.24, 2.45) is 0 Å². The van der Waals surface area contributed by atoms with Crippen molar-refractivity contribution in [1.29, 1.82) is 0 Å². The topological polar surface area (TPSA) is 67.1 Å². The first-order chi connectivity index (χ1) is 8.31. The van der Waals surface area contributed by atoms with Gasteiger partial charge in [-0.15, -0.1) is 0 Å². The predicted octanol–water partition coefficient (Wildman–Crippen LogP) is 1.75. The third kappa shape index (κ3) is 2.49. The Kier molecular flexibility index (Phi) is 2.59. The molecule has 0 bridgehead atoms. The molecule has 0 saturated heterocycles. The van der Waals surface area contributed by atoms with Gasteiger partial charge in [-0.05, 0) is 25.7 Å². The van der Waals surface area contributed by atoms with Gasteiger partial charge < -0.3 is 16.0 Å². The van der Waals surface area contributed by atoms with E-state index in [1.165, 1.54) is 12.8 Å². The van der Waals surface area contributed by atoms with Crippen LogP contribution in [-0.4, -0.2) is 22.6 Å². The standard InChI is InChI=1S/C12H17N5/c13-12-15-10(14-9-4-5-9)8-11(16-12)17-6-2-1-3-7-17/h2,6,8-9H,1,3-5,7H2,(H3,13,14,15,16). The summed E-state index contributed by atoms with van der Waals surface area (Å²) in [5, 5.41) is 3.35. The van der Waals surface area contributed by atoms with Gasteiger partial charge in [0.15, 0.2) is 0 Å². The van der Waals surface area contributed by atoms with Crippen LogP contribution < -0.4 is 16.0 Å². The smallest absolute Gasteiger partial charge is 0.223 e. The highest BCUT2D eigenvalue weighted by molar-refractivity contribution is 5.55. The van der Waals surface area contributed by atoms with E-state index in [4.69, 9.17) is 5.73 Å². The molecule has 1 saturated carbocycles. The molecule has 1 aliphatic carbocycles. The van der Waals surface area contributed by atoms with Gasteiger partial charge in [-0.2, -0.15) is 9.97 Å².